The summed E-state index contributed by atoms with van der Waals surface area (Å²) >= 11 is 0. The van der Waals surface area contributed by atoms with Gasteiger partial charge in [-0.3, -0.25) is 4.90 Å². The van der Waals surface area contributed by atoms with Crippen LogP contribution in [0.5, 0.6) is 0 Å². The number of nitrogens with zero attached hydrogens (tertiary/aromatic N) is 1. The molecule has 0 spiro atoms. The zero-order valence-corrected chi connectivity index (χ0v) is 11.0. The summed E-state index contributed by atoms with van der Waals surface area (Å²) in [5.74, 6) is 0.900. The second-order valence-corrected chi connectivity index (χ2v) is 5.96. The molecule has 1 atom stereocenters. The number of hydrogen-bond donors (Lipinski definition) is 1. The molecule has 0 aromatic rings. The van der Waals surface area contributed by atoms with Gasteiger partial charge in [-0.05, 0) is 37.0 Å². The molecule has 0 radical (unpaired) electrons. The monoisotopic (exact) mass is 224 g/mol. The van der Waals surface area contributed by atoms with Crippen molar-refractivity contribution in [1.29, 1.82) is 0 Å². The molecule has 0 amide bonds. The molecule has 1 heterocycles. The van der Waals surface area contributed by atoms with Crippen molar-refractivity contribution < 1.29 is 0 Å². The number of likely N-dealkylation sites (tertiary alicyclic amines) is 1. The first-order valence-electron chi connectivity index (χ1n) is 7.19. The highest BCUT2D eigenvalue weighted by molar-refractivity contribution is 4.98. The van der Waals surface area contributed by atoms with E-state index in [0.29, 0.717) is 11.5 Å². The van der Waals surface area contributed by atoms with Crippen LogP contribution in [0.15, 0.2) is 0 Å². The maximum atomic E-state index is 5.99. The van der Waals surface area contributed by atoms with Gasteiger partial charge in [0.2, 0.25) is 0 Å². The number of hydrogen-bond acceptors (Lipinski definition) is 2. The molecule has 2 nitrogen and oxygen atoms in total. The summed E-state index contributed by atoms with van der Waals surface area (Å²) < 4.78 is 0. The van der Waals surface area contributed by atoms with Crippen molar-refractivity contribution in [1.82, 2.24) is 4.90 Å². The Morgan fingerprint density at radius 2 is 1.75 bits per heavy atom. The van der Waals surface area contributed by atoms with Gasteiger partial charge in [-0.1, -0.05) is 26.7 Å². The van der Waals surface area contributed by atoms with Crippen molar-refractivity contribution >= 4 is 0 Å². The summed E-state index contributed by atoms with van der Waals surface area (Å²) in [6.45, 7) is 8.16. The zero-order chi connectivity index (χ0) is 11.6. The topological polar surface area (TPSA) is 29.3 Å². The Bertz CT molecular complexity index is 209. The second kappa shape index (κ2) is 5.05. The lowest BCUT2D eigenvalue weighted by molar-refractivity contribution is -0.0497. The fourth-order valence-electron chi connectivity index (χ4n) is 3.73. The molecule has 2 aliphatic rings. The Morgan fingerprint density at radius 1 is 1.19 bits per heavy atom. The minimum Gasteiger partial charge on any atom is -0.329 e. The fourth-order valence-corrected chi connectivity index (χ4v) is 3.73. The van der Waals surface area contributed by atoms with Gasteiger partial charge in [0.05, 0.1) is 0 Å². The summed E-state index contributed by atoms with van der Waals surface area (Å²) in [4.78, 5) is 2.67. The van der Waals surface area contributed by atoms with Gasteiger partial charge in [0.15, 0.2) is 0 Å². The molecule has 1 saturated carbocycles. The van der Waals surface area contributed by atoms with Crippen LogP contribution in [0.1, 0.15) is 52.4 Å². The van der Waals surface area contributed by atoms with E-state index >= 15 is 0 Å². The van der Waals surface area contributed by atoms with E-state index in [9.17, 15) is 0 Å². The van der Waals surface area contributed by atoms with Crippen molar-refractivity contribution in [2.45, 2.75) is 58.4 Å². The van der Waals surface area contributed by atoms with Crippen molar-refractivity contribution in [3.63, 3.8) is 0 Å². The maximum Gasteiger partial charge on any atom is 0.0247 e. The van der Waals surface area contributed by atoms with E-state index < -0.39 is 0 Å². The smallest absolute Gasteiger partial charge is 0.0247 e. The Morgan fingerprint density at radius 3 is 2.19 bits per heavy atom. The predicted molar refractivity (Wildman–Crippen MR) is 69.4 cm³/mol. The van der Waals surface area contributed by atoms with E-state index in [0.717, 1.165) is 12.5 Å². The standard InChI is InChI=1S/C14H28N2/c1-3-14(4-2)10-16(11-14)13(9-15)12-7-5-6-8-12/h12-13H,3-11,15H2,1-2H3. The van der Waals surface area contributed by atoms with E-state index in [1.54, 1.807) is 0 Å². The minimum atomic E-state index is 0.631. The third-order valence-electron chi connectivity index (χ3n) is 5.23. The lowest BCUT2D eigenvalue weighted by Gasteiger charge is -2.54. The highest BCUT2D eigenvalue weighted by Crippen LogP contribution is 2.41. The summed E-state index contributed by atoms with van der Waals surface area (Å²) in [5.41, 5.74) is 6.62. The average Bonchev–Trinajstić information content (AvgIpc) is 2.76. The Kier molecular flexibility index (Phi) is 3.91. The van der Waals surface area contributed by atoms with E-state index in [2.05, 4.69) is 18.7 Å². The van der Waals surface area contributed by atoms with Gasteiger partial charge in [-0.25, -0.2) is 0 Å². The lowest BCUT2D eigenvalue weighted by Crippen LogP contribution is -2.62. The van der Waals surface area contributed by atoms with Crippen molar-refractivity contribution in [3.05, 3.63) is 0 Å². The van der Waals surface area contributed by atoms with Crippen LogP contribution in [0.3, 0.4) is 0 Å². The van der Waals surface area contributed by atoms with Crippen LogP contribution in [-0.2, 0) is 0 Å². The number of rotatable bonds is 5. The Hall–Kier alpha value is -0.0800. The van der Waals surface area contributed by atoms with E-state index in [1.807, 2.05) is 0 Å². The van der Waals surface area contributed by atoms with Crippen LogP contribution in [0.25, 0.3) is 0 Å². The van der Waals surface area contributed by atoms with Crippen molar-refractivity contribution in [2.24, 2.45) is 17.1 Å². The Labute approximate surface area is 101 Å². The van der Waals surface area contributed by atoms with Crippen molar-refractivity contribution in [2.75, 3.05) is 19.6 Å². The average molecular weight is 224 g/mol. The van der Waals surface area contributed by atoms with Gasteiger partial charge in [-0.2, -0.15) is 0 Å². The van der Waals surface area contributed by atoms with Crippen LogP contribution in [0.2, 0.25) is 0 Å². The van der Waals surface area contributed by atoms with Crippen LogP contribution < -0.4 is 5.73 Å². The maximum absolute atomic E-state index is 5.99. The summed E-state index contributed by atoms with van der Waals surface area (Å²) in [7, 11) is 0. The van der Waals surface area contributed by atoms with Gasteiger partial charge in [0, 0.05) is 25.7 Å². The van der Waals surface area contributed by atoms with Gasteiger partial charge in [0.1, 0.15) is 0 Å². The molecular weight excluding hydrogens is 196 g/mol. The minimum absolute atomic E-state index is 0.631. The van der Waals surface area contributed by atoms with Gasteiger partial charge >= 0.3 is 0 Å². The fraction of sp³-hybridized carbons (Fsp3) is 1.00. The van der Waals surface area contributed by atoms with Crippen LogP contribution in [0, 0.1) is 11.3 Å². The second-order valence-electron chi connectivity index (χ2n) is 5.96. The van der Waals surface area contributed by atoms with Gasteiger partial charge in [-0.15, -0.1) is 0 Å². The van der Waals surface area contributed by atoms with E-state index in [1.165, 1.54) is 51.6 Å². The molecular formula is C14H28N2. The Balaban J connectivity index is 1.88. The molecule has 1 aliphatic carbocycles. The molecule has 0 bridgehead atoms. The molecule has 0 aromatic heterocycles. The molecule has 94 valence electrons. The van der Waals surface area contributed by atoms with Crippen molar-refractivity contribution in [3.8, 4) is 0 Å². The van der Waals surface area contributed by atoms with Gasteiger partial charge in [0.25, 0.3) is 0 Å². The molecule has 1 aliphatic heterocycles. The number of nitrogens with two attached hydrogens (primary N) is 1. The first-order valence-corrected chi connectivity index (χ1v) is 7.19. The SMILES string of the molecule is CCC1(CC)CN(C(CN)C2CCCC2)C1. The molecule has 16 heavy (non-hydrogen) atoms. The first-order chi connectivity index (χ1) is 7.74. The quantitative estimate of drug-likeness (QED) is 0.778. The normalized spacial score (nSPS) is 27.9. The molecule has 1 saturated heterocycles. The van der Waals surface area contributed by atoms with E-state index in [4.69, 9.17) is 5.73 Å². The molecule has 0 aromatic carbocycles. The molecule has 1 unspecified atom stereocenters. The predicted octanol–water partition coefficient (Wildman–Crippen LogP) is 2.63. The third-order valence-corrected chi connectivity index (χ3v) is 5.23. The summed E-state index contributed by atoms with van der Waals surface area (Å²) in [6, 6.07) is 0.689. The molecule has 2 N–H and O–H groups in total. The zero-order valence-electron chi connectivity index (χ0n) is 11.0. The first kappa shape index (κ1) is 12.4. The molecule has 2 rings (SSSR count). The highest BCUT2D eigenvalue weighted by atomic mass is 15.2. The highest BCUT2D eigenvalue weighted by Gasteiger charge is 2.44. The largest absolute Gasteiger partial charge is 0.329 e. The summed E-state index contributed by atoms with van der Waals surface area (Å²) in [6.07, 6.45) is 8.38. The third kappa shape index (κ3) is 2.14. The lowest BCUT2D eigenvalue weighted by atomic mass is 9.73. The van der Waals surface area contributed by atoms with Crippen LogP contribution >= 0.6 is 0 Å². The van der Waals surface area contributed by atoms with Crippen LogP contribution in [0.4, 0.5) is 0 Å². The molecule has 2 fully saturated rings. The van der Waals surface area contributed by atoms with Crippen LogP contribution in [-0.4, -0.2) is 30.6 Å². The molecule has 2 heteroatoms. The van der Waals surface area contributed by atoms with Gasteiger partial charge < -0.3 is 5.73 Å². The van der Waals surface area contributed by atoms with E-state index in [-0.39, 0.29) is 0 Å². The summed E-state index contributed by atoms with van der Waals surface area (Å²) in [5, 5.41) is 0.